The minimum absolute atomic E-state index is 0. The predicted octanol–water partition coefficient (Wildman–Crippen LogP) is -20.3. The maximum absolute atomic E-state index is 9.62. The molecule has 0 aliphatic carbocycles. The fraction of sp³-hybridized carbons (Fsp3) is 0. The van der Waals surface area contributed by atoms with Gasteiger partial charge in [0, 0.05) is 0 Å². The molecule has 0 spiro atoms. The summed E-state index contributed by atoms with van der Waals surface area (Å²) in [5.74, 6) is 0. The first-order chi connectivity index (χ1) is 4.90. The Morgan fingerprint density at radius 1 is 0.263 bits per heavy atom. The zero-order valence-electron chi connectivity index (χ0n) is 7.16. The van der Waals surface area contributed by atoms with Gasteiger partial charge < -0.3 is 0 Å². The Bertz CT molecular complexity index is 171. The summed E-state index contributed by atoms with van der Waals surface area (Å²) >= 11 is -19.2. The molecule has 0 unspecified atom stereocenters. The second-order valence-corrected chi connectivity index (χ2v) is 12.7. The van der Waals surface area contributed by atoms with Gasteiger partial charge in [-0.3, -0.25) is 0 Å². The molecule has 0 saturated carbocycles. The summed E-state index contributed by atoms with van der Waals surface area (Å²) in [6.07, 6.45) is 0. The molecular formula is Cu5I2O12. The van der Waals surface area contributed by atoms with E-state index < -0.39 is 36.3 Å². The normalized spacial score (nSPS) is 17.1. The molecule has 0 aromatic carbocycles. The van der Waals surface area contributed by atoms with Crippen molar-refractivity contribution in [1.29, 1.82) is 0 Å². The minimum atomic E-state index is -9.62. The molecule has 19 heavy (non-hydrogen) atoms. The molecule has 141 valence electrons. The summed E-state index contributed by atoms with van der Waals surface area (Å²) in [5.41, 5.74) is 0. The number of hydrogen-bond donors (Lipinski definition) is 0. The van der Waals surface area contributed by atoms with Crippen molar-refractivity contribution in [3.8, 4) is 0 Å². The third-order valence-electron chi connectivity index (χ3n) is 0. The van der Waals surface area contributed by atoms with E-state index in [1.165, 1.54) is 0 Å². The van der Waals surface area contributed by atoms with Crippen molar-refractivity contribution in [2.24, 2.45) is 0 Å². The zero-order valence-corrected chi connectivity index (χ0v) is 16.2. The molecule has 0 amide bonds. The van der Waals surface area contributed by atoms with Gasteiger partial charge in [0.15, 0.2) is 0 Å². The van der Waals surface area contributed by atoms with Gasteiger partial charge in [-0.2, -0.15) is 0 Å². The number of halogens is 2. The van der Waals surface area contributed by atoms with Crippen LogP contribution in [0.5, 0.6) is 0 Å². The van der Waals surface area contributed by atoms with E-state index in [9.17, 15) is 0 Å². The Morgan fingerprint density at radius 3 is 0.263 bits per heavy atom. The Balaban J connectivity index is -0.0000000240. The molecule has 0 aliphatic rings. The van der Waals surface area contributed by atoms with E-state index in [-0.39, 0.29) is 85.3 Å². The third-order valence-corrected chi connectivity index (χ3v) is 0. The predicted molar refractivity (Wildman–Crippen MR) is 0 cm³/mol. The van der Waals surface area contributed by atoms with Crippen molar-refractivity contribution in [2.45, 2.75) is 0 Å². The Morgan fingerprint density at radius 2 is 0.263 bits per heavy atom. The molecular weight excluding hydrogens is 764 g/mol. The van der Waals surface area contributed by atoms with Crippen LogP contribution < -0.4 is 77.5 Å². The van der Waals surface area contributed by atoms with Crippen LogP contribution in [0.15, 0.2) is 0 Å². The van der Waals surface area contributed by atoms with Gasteiger partial charge in [0.25, 0.3) is 0 Å². The van der Waals surface area contributed by atoms with Crippen molar-refractivity contribution in [1.82, 2.24) is 0 Å². The van der Waals surface area contributed by atoms with Gasteiger partial charge in [-0.15, -0.1) is 0 Å². The molecule has 0 fully saturated rings. The van der Waals surface area contributed by atoms with Crippen LogP contribution in [0.2, 0.25) is 0 Å². The van der Waals surface area contributed by atoms with E-state index in [1.54, 1.807) is 0 Å². The van der Waals surface area contributed by atoms with Crippen LogP contribution in [0.4, 0.5) is 0 Å². The van der Waals surface area contributed by atoms with Gasteiger partial charge in [0.1, 0.15) is 0 Å². The zero-order chi connectivity index (χ0) is 12.8. The molecule has 0 aliphatic heterocycles. The SMILES string of the molecule is [Cu+2].[Cu+2].[Cu+2].[Cu+2].[Cu+2].[O-][I+]([O-])([O-])([O-])([O-])[O-].[O-][I+]([O-])([O-])([O-])([O-])[O-]. The van der Waals surface area contributed by atoms with Gasteiger partial charge in [0.05, 0.1) is 0 Å². The number of rotatable bonds is 0. The summed E-state index contributed by atoms with van der Waals surface area (Å²) < 4.78 is 104. The number of hydrogen-bond acceptors (Lipinski definition) is 12. The van der Waals surface area contributed by atoms with Crippen molar-refractivity contribution < 1.29 is 163 Å². The van der Waals surface area contributed by atoms with Crippen LogP contribution in [0, 0.1) is 0 Å². The molecule has 12 nitrogen and oxygen atoms in total. The van der Waals surface area contributed by atoms with Crippen LogP contribution in [-0.2, 0) is 85.3 Å². The van der Waals surface area contributed by atoms with Crippen molar-refractivity contribution in [3.63, 3.8) is 0 Å². The van der Waals surface area contributed by atoms with Crippen molar-refractivity contribution >= 4 is 0 Å². The molecule has 0 saturated heterocycles. The summed E-state index contributed by atoms with van der Waals surface area (Å²) in [4.78, 5) is 0. The van der Waals surface area contributed by atoms with Crippen LogP contribution in [0.25, 0.3) is 0 Å². The topological polar surface area (TPSA) is 277 Å². The second kappa shape index (κ2) is 8.10. The Kier molecular flexibility index (Phi) is 18.5. The monoisotopic (exact) mass is 760 g/mol. The molecule has 0 rings (SSSR count). The first-order valence-electron chi connectivity index (χ1n) is 1.85. The van der Waals surface area contributed by atoms with Crippen LogP contribution in [-0.4, -0.2) is 0 Å². The van der Waals surface area contributed by atoms with Crippen LogP contribution in [0.1, 0.15) is 0 Å². The van der Waals surface area contributed by atoms with Crippen LogP contribution in [0.3, 0.4) is 0 Å². The van der Waals surface area contributed by atoms with Crippen molar-refractivity contribution in [2.75, 3.05) is 0 Å². The molecule has 0 N–H and O–H groups in total. The molecule has 0 heterocycles. The fourth-order valence-corrected chi connectivity index (χ4v) is 0. The van der Waals surface area contributed by atoms with Gasteiger partial charge >= 0.3 is 163 Å². The van der Waals surface area contributed by atoms with Crippen LogP contribution >= 0.6 is 0 Å². The average Bonchev–Trinajstić information content (AvgIpc) is 0.938. The van der Waals surface area contributed by atoms with Gasteiger partial charge in [0.2, 0.25) is 0 Å². The summed E-state index contributed by atoms with van der Waals surface area (Å²) in [6.45, 7) is 0. The van der Waals surface area contributed by atoms with Gasteiger partial charge in [-0.1, -0.05) is 0 Å². The molecule has 0 atom stereocenters. The standard InChI is InChI=1S/5Cu.2IO6/c;;;;;2*2-1(3,4,5,6)7/q5*+2;2*-5. The Hall–Kier alpha value is 3.58. The fourth-order valence-electron chi connectivity index (χ4n) is 0. The Labute approximate surface area is 160 Å². The molecule has 0 bridgehead atoms. The molecule has 19 heteroatoms. The summed E-state index contributed by atoms with van der Waals surface area (Å²) in [5, 5.41) is 0. The van der Waals surface area contributed by atoms with Crippen molar-refractivity contribution in [3.05, 3.63) is 0 Å². The van der Waals surface area contributed by atoms with E-state index in [4.69, 9.17) is 41.2 Å². The maximum atomic E-state index is 8.66. The molecule has 0 aromatic rings. The van der Waals surface area contributed by atoms with Gasteiger partial charge in [-0.25, -0.2) is 0 Å². The molecule has 0 aromatic heterocycles. The van der Waals surface area contributed by atoms with E-state index in [1.807, 2.05) is 0 Å². The van der Waals surface area contributed by atoms with E-state index in [0.29, 0.717) is 0 Å². The quantitative estimate of drug-likeness (QED) is 0.164. The van der Waals surface area contributed by atoms with E-state index in [2.05, 4.69) is 0 Å². The van der Waals surface area contributed by atoms with E-state index >= 15 is 0 Å². The van der Waals surface area contributed by atoms with E-state index in [0.717, 1.165) is 0 Å². The molecule has 5 radical (unpaired) electrons. The van der Waals surface area contributed by atoms with Gasteiger partial charge in [-0.05, 0) is 0 Å². The summed E-state index contributed by atoms with van der Waals surface area (Å²) in [7, 11) is 0. The first kappa shape index (κ1) is 43.3. The average molecular weight is 764 g/mol. The summed E-state index contributed by atoms with van der Waals surface area (Å²) in [6, 6.07) is 0. The second-order valence-electron chi connectivity index (χ2n) is 1.89. The first-order valence-corrected chi connectivity index (χ1v) is 12.4. The third kappa shape index (κ3) is 646.